The molecule has 9 heteroatoms. The van der Waals surface area contributed by atoms with Gasteiger partial charge in [-0.3, -0.25) is 9.59 Å². The summed E-state index contributed by atoms with van der Waals surface area (Å²) in [6, 6.07) is 0. The third-order valence-corrected chi connectivity index (χ3v) is 14.1. The fourth-order valence-electron chi connectivity index (χ4n) is 9.20. The first kappa shape index (κ1) is 75.5. The molecule has 1 N–H and O–H groups in total. The largest absolute Gasteiger partial charge is 0.477 e. The van der Waals surface area contributed by atoms with Crippen molar-refractivity contribution < 1.29 is 42.9 Å². The molecule has 0 spiro atoms. The van der Waals surface area contributed by atoms with Crippen LogP contribution in [0, 0.1) is 0 Å². The first-order valence-electron chi connectivity index (χ1n) is 32.8. The molecule has 79 heavy (non-hydrogen) atoms. The Balaban J connectivity index is 3.91. The van der Waals surface area contributed by atoms with Gasteiger partial charge in [0.05, 0.1) is 34.4 Å². The number of unbranched alkanes of at least 4 members (excludes halogenated alkanes) is 31. The molecular formula is C70H124NO8+. The van der Waals surface area contributed by atoms with Crippen molar-refractivity contribution in [2.75, 3.05) is 47.5 Å². The normalized spacial score (nSPS) is 13.3. The van der Waals surface area contributed by atoms with Gasteiger partial charge < -0.3 is 28.5 Å². The summed E-state index contributed by atoms with van der Waals surface area (Å²) in [6.45, 7) is 4.63. The summed E-state index contributed by atoms with van der Waals surface area (Å²) in [6.07, 6.45) is 78.7. The quantitative estimate of drug-likeness (QED) is 0.0211. The topological polar surface area (TPSA) is 108 Å². The number of carboxylic acid groups (broad SMARTS) is 1. The maximum absolute atomic E-state index is 12.9. The molecule has 0 rings (SSSR count). The van der Waals surface area contributed by atoms with Crippen LogP contribution in [0.5, 0.6) is 0 Å². The highest BCUT2D eigenvalue weighted by Crippen LogP contribution is 2.18. The van der Waals surface area contributed by atoms with Crippen LogP contribution >= 0.6 is 0 Å². The number of esters is 2. The molecule has 0 radical (unpaired) electrons. The molecule has 0 fully saturated rings. The van der Waals surface area contributed by atoms with Crippen LogP contribution in [0.4, 0.5) is 0 Å². The van der Waals surface area contributed by atoms with Crippen molar-refractivity contribution in [3.05, 3.63) is 85.1 Å². The van der Waals surface area contributed by atoms with Gasteiger partial charge in [0.1, 0.15) is 13.2 Å². The number of carbonyl (C=O) groups is 3. The summed E-state index contributed by atoms with van der Waals surface area (Å²) in [5.74, 6) is -2.04. The summed E-state index contributed by atoms with van der Waals surface area (Å²) in [5.41, 5.74) is 0. The minimum atomic E-state index is -1.52. The van der Waals surface area contributed by atoms with E-state index in [4.69, 9.17) is 18.9 Å². The molecule has 0 bridgehead atoms. The van der Waals surface area contributed by atoms with E-state index in [0.29, 0.717) is 17.4 Å². The minimum absolute atomic E-state index is 0.182. The van der Waals surface area contributed by atoms with Crippen LogP contribution in [-0.4, -0.2) is 87.4 Å². The van der Waals surface area contributed by atoms with E-state index in [-0.39, 0.29) is 38.6 Å². The Bertz CT molecular complexity index is 1570. The average molecular weight is 1110 g/mol. The smallest absolute Gasteiger partial charge is 0.361 e. The molecule has 0 aliphatic heterocycles. The molecule has 0 amide bonds. The zero-order chi connectivity index (χ0) is 57.6. The van der Waals surface area contributed by atoms with Gasteiger partial charge in [0, 0.05) is 12.8 Å². The Morgan fingerprint density at radius 1 is 0.380 bits per heavy atom. The monoisotopic (exact) mass is 1110 g/mol. The second-order valence-electron chi connectivity index (χ2n) is 23.0. The van der Waals surface area contributed by atoms with Gasteiger partial charge in [0.25, 0.3) is 6.29 Å². The maximum atomic E-state index is 12.9. The molecule has 0 aromatic heterocycles. The van der Waals surface area contributed by atoms with Gasteiger partial charge in [-0.15, -0.1) is 0 Å². The van der Waals surface area contributed by atoms with Crippen LogP contribution < -0.4 is 0 Å². The van der Waals surface area contributed by atoms with Gasteiger partial charge in [-0.2, -0.15) is 0 Å². The Morgan fingerprint density at radius 3 is 1.03 bits per heavy atom. The summed E-state index contributed by atoms with van der Waals surface area (Å²) in [7, 11) is 5.96. The predicted molar refractivity (Wildman–Crippen MR) is 336 cm³/mol. The van der Waals surface area contributed by atoms with Gasteiger partial charge in [-0.25, -0.2) is 4.79 Å². The molecule has 0 heterocycles. The van der Waals surface area contributed by atoms with E-state index < -0.39 is 24.3 Å². The van der Waals surface area contributed by atoms with Crippen molar-refractivity contribution in [3.8, 4) is 0 Å². The molecule has 0 saturated carbocycles. The Hall–Kier alpha value is -3.53. The lowest BCUT2D eigenvalue weighted by Crippen LogP contribution is -2.40. The zero-order valence-corrected chi connectivity index (χ0v) is 52.0. The van der Waals surface area contributed by atoms with Gasteiger partial charge in [0.15, 0.2) is 6.10 Å². The number of carbonyl (C=O) groups excluding carboxylic acids is 2. The van der Waals surface area contributed by atoms with E-state index in [1.807, 2.05) is 21.1 Å². The first-order valence-corrected chi connectivity index (χ1v) is 32.8. The van der Waals surface area contributed by atoms with Gasteiger partial charge >= 0.3 is 17.9 Å². The number of nitrogens with zero attached hydrogens (tertiary/aromatic N) is 1. The van der Waals surface area contributed by atoms with E-state index in [1.165, 1.54) is 167 Å². The minimum Gasteiger partial charge on any atom is -0.477 e. The lowest BCUT2D eigenvalue weighted by atomic mass is 10.0. The Kier molecular flexibility index (Phi) is 57.9. The summed E-state index contributed by atoms with van der Waals surface area (Å²) < 4.78 is 22.8. The van der Waals surface area contributed by atoms with Crippen molar-refractivity contribution in [3.63, 3.8) is 0 Å². The number of hydrogen-bond acceptors (Lipinski definition) is 7. The van der Waals surface area contributed by atoms with Crippen molar-refractivity contribution in [2.24, 2.45) is 0 Å². The molecule has 2 unspecified atom stereocenters. The van der Waals surface area contributed by atoms with Crippen LogP contribution in [0.15, 0.2) is 85.1 Å². The highest BCUT2D eigenvalue weighted by molar-refractivity contribution is 5.71. The van der Waals surface area contributed by atoms with Gasteiger partial charge in [-0.1, -0.05) is 272 Å². The van der Waals surface area contributed by atoms with Crippen molar-refractivity contribution in [1.29, 1.82) is 0 Å². The van der Waals surface area contributed by atoms with E-state index in [2.05, 4.69) is 98.9 Å². The number of quaternary nitrogens is 1. The lowest BCUT2D eigenvalue weighted by Gasteiger charge is -2.25. The van der Waals surface area contributed by atoms with E-state index in [1.54, 1.807) is 0 Å². The standard InChI is InChI=1S/C70H123NO8/c1-6-8-10-12-14-16-18-20-21-22-23-24-25-26-27-28-29-30-31-32-33-34-35-36-37-38-39-40-41-42-43-44-45-46-47-49-51-53-55-57-59-61-68(73)79-66(65-78-70(69(74)75)76-63-62-71(3,4)5)64-77-67(72)60-58-56-54-52-50-48-19-17-15-13-11-9-7-2/h8-11,14-17,20-21,23-24,48,50,66,70H,6-7,12-13,18-19,22,25-47,49,51-65H2,1-5H3/p+1/b10-8-,11-9-,16-14-,17-15-,21-20-,24-23-,50-48-. The molecule has 0 aliphatic carbocycles. The van der Waals surface area contributed by atoms with Crippen molar-refractivity contribution in [1.82, 2.24) is 0 Å². The SMILES string of the molecule is CC/C=C\C/C=C\C/C=C\C/C=C\CCCCCCCCCCCCCCCCCCCCCCCCCCCCCCC(=O)OC(COC(=O)CCCCC/C=C\C/C=C\C/C=C\CC)COC(OCC[N+](C)(C)C)C(=O)O. The fourth-order valence-corrected chi connectivity index (χ4v) is 9.20. The summed E-state index contributed by atoms with van der Waals surface area (Å²) in [4.78, 5) is 37.4. The Labute approximate surface area is 487 Å². The van der Waals surface area contributed by atoms with E-state index in [9.17, 15) is 19.5 Å². The summed E-state index contributed by atoms with van der Waals surface area (Å²) >= 11 is 0. The number of allylic oxidation sites excluding steroid dienone is 14. The van der Waals surface area contributed by atoms with E-state index >= 15 is 0 Å². The fraction of sp³-hybridized carbons (Fsp3) is 0.757. The van der Waals surface area contributed by atoms with Crippen molar-refractivity contribution in [2.45, 2.75) is 296 Å². The van der Waals surface area contributed by atoms with Crippen LogP contribution in [0.3, 0.4) is 0 Å². The molecule has 456 valence electrons. The van der Waals surface area contributed by atoms with Crippen LogP contribution in [0.25, 0.3) is 0 Å². The number of ether oxygens (including phenoxy) is 4. The average Bonchev–Trinajstić information content (AvgIpc) is 3.42. The summed E-state index contributed by atoms with van der Waals surface area (Å²) in [5, 5.41) is 9.70. The third-order valence-electron chi connectivity index (χ3n) is 14.1. The highest BCUT2D eigenvalue weighted by atomic mass is 16.7. The third kappa shape index (κ3) is 61.9. The first-order chi connectivity index (χ1) is 38.6. The van der Waals surface area contributed by atoms with Crippen LogP contribution in [-0.2, 0) is 33.3 Å². The number of likely N-dealkylation sites (N-methyl/N-ethyl adjacent to an activating group) is 1. The van der Waals surface area contributed by atoms with E-state index in [0.717, 1.165) is 83.5 Å². The molecule has 2 atom stereocenters. The van der Waals surface area contributed by atoms with Gasteiger partial charge in [-0.05, 0) is 83.5 Å². The second kappa shape index (κ2) is 60.6. The second-order valence-corrected chi connectivity index (χ2v) is 23.0. The molecule has 0 aromatic carbocycles. The molecule has 0 aromatic rings. The molecule has 0 aliphatic rings. The van der Waals surface area contributed by atoms with Crippen LogP contribution in [0.1, 0.15) is 284 Å². The maximum Gasteiger partial charge on any atom is 0.361 e. The number of hydrogen-bond donors (Lipinski definition) is 1. The predicted octanol–water partition coefficient (Wildman–Crippen LogP) is 19.9. The van der Waals surface area contributed by atoms with Crippen LogP contribution in [0.2, 0.25) is 0 Å². The Morgan fingerprint density at radius 2 is 0.684 bits per heavy atom. The van der Waals surface area contributed by atoms with Crippen molar-refractivity contribution >= 4 is 17.9 Å². The zero-order valence-electron chi connectivity index (χ0n) is 52.0. The molecule has 0 saturated heterocycles. The molecular weight excluding hydrogens is 983 g/mol. The lowest BCUT2D eigenvalue weighted by molar-refractivity contribution is -0.870. The van der Waals surface area contributed by atoms with Gasteiger partial charge in [0.2, 0.25) is 0 Å². The number of carboxylic acids is 1. The highest BCUT2D eigenvalue weighted by Gasteiger charge is 2.25. The number of aliphatic carboxylic acids is 1. The molecule has 9 nitrogen and oxygen atoms in total. The number of rotatable bonds is 60.